The van der Waals surface area contributed by atoms with Crippen molar-refractivity contribution >= 4 is 21.6 Å². The largest absolute Gasteiger partial charge is 0.350 e. The zero-order valence-corrected chi connectivity index (χ0v) is 9.41. The fourth-order valence-electron chi connectivity index (χ4n) is 0.805. The zero-order chi connectivity index (χ0) is 11.2. The van der Waals surface area contributed by atoms with Gasteiger partial charge >= 0.3 is 5.76 Å². The lowest BCUT2D eigenvalue weighted by Gasteiger charge is -2.08. The summed E-state index contributed by atoms with van der Waals surface area (Å²) in [5.74, 6) is -2.60. The molecule has 0 aliphatic heterocycles. The number of hydrogen-bond donors (Lipinski definition) is 1. The predicted octanol–water partition coefficient (Wildman–Crippen LogP) is 1.78. The smallest absolute Gasteiger partial charge is 0.210 e. The highest BCUT2D eigenvalue weighted by Gasteiger charge is 2.22. The zero-order valence-electron chi connectivity index (χ0n) is 7.84. The van der Waals surface area contributed by atoms with Crippen LogP contribution in [-0.2, 0) is 10.0 Å². The molecular formula is C7H14ClF2NO2S. The van der Waals surface area contributed by atoms with Crippen LogP contribution in [0.25, 0.3) is 0 Å². The van der Waals surface area contributed by atoms with Gasteiger partial charge in [0.05, 0.1) is 0 Å². The van der Waals surface area contributed by atoms with Crippen LogP contribution >= 0.6 is 11.6 Å². The Labute approximate surface area is 87.9 Å². The number of nitrogens with one attached hydrogen (secondary N) is 1. The summed E-state index contributed by atoms with van der Waals surface area (Å²) in [4.78, 5) is 0. The molecule has 0 amide bonds. The Balaban J connectivity index is 3.65. The third-order valence-electron chi connectivity index (χ3n) is 1.67. The molecule has 0 aliphatic rings. The molecule has 0 bridgehead atoms. The second kappa shape index (κ2) is 6.53. The van der Waals surface area contributed by atoms with E-state index in [1.54, 1.807) is 0 Å². The SMILES string of the molecule is CC(CCl)CCCNS(=O)(=O)C(F)F. The van der Waals surface area contributed by atoms with E-state index in [-0.39, 0.29) is 12.5 Å². The molecule has 0 aromatic rings. The summed E-state index contributed by atoms with van der Waals surface area (Å²) in [5, 5.41) is 0. The van der Waals surface area contributed by atoms with Crippen LogP contribution in [0.5, 0.6) is 0 Å². The van der Waals surface area contributed by atoms with Crippen molar-refractivity contribution in [2.24, 2.45) is 5.92 Å². The van der Waals surface area contributed by atoms with Gasteiger partial charge in [0.15, 0.2) is 0 Å². The van der Waals surface area contributed by atoms with Crippen LogP contribution < -0.4 is 4.72 Å². The average Bonchev–Trinajstić information content (AvgIpc) is 2.11. The van der Waals surface area contributed by atoms with Gasteiger partial charge in [0.25, 0.3) is 10.0 Å². The molecular weight excluding hydrogens is 236 g/mol. The van der Waals surface area contributed by atoms with Gasteiger partial charge in [-0.3, -0.25) is 0 Å². The lowest BCUT2D eigenvalue weighted by atomic mass is 10.1. The van der Waals surface area contributed by atoms with Crippen molar-refractivity contribution in [3.63, 3.8) is 0 Å². The van der Waals surface area contributed by atoms with E-state index in [0.29, 0.717) is 12.3 Å². The van der Waals surface area contributed by atoms with Gasteiger partial charge in [-0.05, 0) is 18.8 Å². The molecule has 0 spiro atoms. The van der Waals surface area contributed by atoms with Crippen LogP contribution in [0.2, 0.25) is 0 Å². The van der Waals surface area contributed by atoms with Crippen LogP contribution in [0.15, 0.2) is 0 Å². The molecule has 7 heteroatoms. The maximum atomic E-state index is 11.8. The topological polar surface area (TPSA) is 46.2 Å². The minimum Gasteiger partial charge on any atom is -0.210 e. The van der Waals surface area contributed by atoms with Crippen molar-refractivity contribution in [3.05, 3.63) is 0 Å². The summed E-state index contributed by atoms with van der Waals surface area (Å²) >= 11 is 5.51. The standard InChI is InChI=1S/C7H14ClF2NO2S/c1-6(5-8)3-2-4-11-14(12,13)7(9)10/h6-7,11H,2-5H2,1H3. The van der Waals surface area contributed by atoms with Gasteiger partial charge in [-0.25, -0.2) is 13.1 Å². The Bertz CT molecular complexity index is 246. The molecule has 0 saturated heterocycles. The van der Waals surface area contributed by atoms with Crippen LogP contribution in [0, 0.1) is 5.92 Å². The third kappa shape index (κ3) is 5.72. The first kappa shape index (κ1) is 14.1. The van der Waals surface area contributed by atoms with Crippen molar-refractivity contribution in [3.8, 4) is 0 Å². The van der Waals surface area contributed by atoms with Crippen LogP contribution in [0.1, 0.15) is 19.8 Å². The van der Waals surface area contributed by atoms with Gasteiger partial charge in [0.2, 0.25) is 0 Å². The quantitative estimate of drug-likeness (QED) is 0.552. The lowest BCUT2D eigenvalue weighted by molar-refractivity contribution is 0.232. The molecule has 0 radical (unpaired) electrons. The second-order valence-electron chi connectivity index (χ2n) is 3.10. The maximum Gasteiger partial charge on any atom is 0.350 e. The molecule has 1 unspecified atom stereocenters. The second-order valence-corrected chi connectivity index (χ2v) is 5.15. The van der Waals surface area contributed by atoms with Gasteiger partial charge < -0.3 is 0 Å². The summed E-state index contributed by atoms with van der Waals surface area (Å²) in [5.41, 5.74) is 0. The molecule has 0 aliphatic carbocycles. The molecule has 1 N–H and O–H groups in total. The van der Waals surface area contributed by atoms with E-state index in [4.69, 9.17) is 11.6 Å². The maximum absolute atomic E-state index is 11.8. The monoisotopic (exact) mass is 249 g/mol. The Kier molecular flexibility index (Phi) is 6.55. The van der Waals surface area contributed by atoms with Crippen LogP contribution in [0.3, 0.4) is 0 Å². The third-order valence-corrected chi connectivity index (χ3v) is 3.28. The Hall–Kier alpha value is 0.0600. The average molecular weight is 250 g/mol. The fraction of sp³-hybridized carbons (Fsp3) is 1.00. The van der Waals surface area contributed by atoms with Crippen LogP contribution in [-0.4, -0.2) is 26.6 Å². The highest BCUT2D eigenvalue weighted by Crippen LogP contribution is 2.07. The molecule has 0 saturated carbocycles. The summed E-state index contributed by atoms with van der Waals surface area (Å²) in [6.07, 6.45) is 1.23. The van der Waals surface area contributed by atoms with Crippen molar-refractivity contribution in [1.29, 1.82) is 0 Å². The molecule has 0 heterocycles. The Morgan fingerprint density at radius 3 is 2.43 bits per heavy atom. The van der Waals surface area contributed by atoms with Crippen molar-refractivity contribution in [2.75, 3.05) is 12.4 Å². The van der Waals surface area contributed by atoms with E-state index in [1.165, 1.54) is 0 Å². The Morgan fingerprint density at radius 1 is 1.43 bits per heavy atom. The van der Waals surface area contributed by atoms with Crippen molar-refractivity contribution in [2.45, 2.75) is 25.5 Å². The number of hydrogen-bond acceptors (Lipinski definition) is 2. The number of halogens is 3. The first-order chi connectivity index (χ1) is 6.40. The van der Waals surface area contributed by atoms with Gasteiger partial charge in [-0.1, -0.05) is 6.92 Å². The predicted molar refractivity (Wildman–Crippen MR) is 52.0 cm³/mol. The minimum absolute atomic E-state index is 0.0356. The van der Waals surface area contributed by atoms with Gasteiger partial charge in [0, 0.05) is 12.4 Å². The molecule has 1 atom stereocenters. The van der Waals surface area contributed by atoms with Crippen LogP contribution in [0.4, 0.5) is 8.78 Å². The van der Waals surface area contributed by atoms with E-state index in [1.807, 2.05) is 11.6 Å². The molecule has 0 aromatic heterocycles. The van der Waals surface area contributed by atoms with Crippen molar-refractivity contribution in [1.82, 2.24) is 4.72 Å². The molecule has 3 nitrogen and oxygen atoms in total. The highest BCUT2D eigenvalue weighted by molar-refractivity contribution is 7.89. The number of rotatable bonds is 7. The number of alkyl halides is 3. The first-order valence-corrected chi connectivity index (χ1v) is 6.31. The highest BCUT2D eigenvalue weighted by atomic mass is 35.5. The first-order valence-electron chi connectivity index (χ1n) is 4.22. The number of sulfonamides is 1. The summed E-state index contributed by atoms with van der Waals surface area (Å²) < 4.78 is 46.5. The normalized spacial score (nSPS) is 14.6. The minimum atomic E-state index is -4.42. The summed E-state index contributed by atoms with van der Waals surface area (Å²) in [7, 11) is -4.42. The van der Waals surface area contributed by atoms with E-state index in [0.717, 1.165) is 6.42 Å². The van der Waals surface area contributed by atoms with Gasteiger partial charge in [-0.2, -0.15) is 8.78 Å². The molecule has 0 rings (SSSR count). The van der Waals surface area contributed by atoms with E-state index in [9.17, 15) is 17.2 Å². The van der Waals surface area contributed by atoms with E-state index >= 15 is 0 Å². The summed E-state index contributed by atoms with van der Waals surface area (Å²) in [6, 6.07) is 0. The van der Waals surface area contributed by atoms with Crippen molar-refractivity contribution < 1.29 is 17.2 Å². The lowest BCUT2D eigenvalue weighted by Crippen LogP contribution is -2.30. The molecule has 0 fully saturated rings. The summed E-state index contributed by atoms with van der Waals surface area (Å²) in [6.45, 7) is 1.95. The van der Waals surface area contributed by atoms with Gasteiger partial charge in [0.1, 0.15) is 0 Å². The molecule has 86 valence electrons. The fourth-order valence-corrected chi connectivity index (χ4v) is 1.51. The van der Waals surface area contributed by atoms with E-state index < -0.39 is 15.8 Å². The molecule has 14 heavy (non-hydrogen) atoms. The molecule has 0 aromatic carbocycles. The van der Waals surface area contributed by atoms with E-state index in [2.05, 4.69) is 0 Å². The Morgan fingerprint density at radius 2 is 2.00 bits per heavy atom. The van der Waals surface area contributed by atoms with Gasteiger partial charge in [-0.15, -0.1) is 11.6 Å².